The summed E-state index contributed by atoms with van der Waals surface area (Å²) in [6.45, 7) is 1.96. The zero-order valence-electron chi connectivity index (χ0n) is 10.3. The third-order valence-electron chi connectivity index (χ3n) is 2.80. The summed E-state index contributed by atoms with van der Waals surface area (Å²) in [5.74, 6) is 1.07. The van der Waals surface area contributed by atoms with Gasteiger partial charge in [0.15, 0.2) is 0 Å². The van der Waals surface area contributed by atoms with Crippen LogP contribution in [0.3, 0.4) is 0 Å². The van der Waals surface area contributed by atoms with E-state index in [1.807, 2.05) is 25.1 Å². The zero-order valence-corrected chi connectivity index (χ0v) is 10.3. The van der Waals surface area contributed by atoms with Crippen molar-refractivity contribution in [3.63, 3.8) is 0 Å². The molecule has 4 nitrogen and oxygen atoms in total. The number of aromatic nitrogens is 1. The normalized spacial score (nSPS) is 9.83. The summed E-state index contributed by atoms with van der Waals surface area (Å²) in [6.07, 6.45) is 1.60. The van der Waals surface area contributed by atoms with E-state index < -0.39 is 0 Å². The fraction of sp³-hybridized carbons (Fsp3) is 0.143. The number of nitrogen functional groups attached to an aromatic ring is 1. The quantitative estimate of drug-likeness (QED) is 0.874. The number of nitriles is 1. The monoisotopic (exact) mass is 239 g/mol. The van der Waals surface area contributed by atoms with Crippen molar-refractivity contribution in [2.24, 2.45) is 0 Å². The van der Waals surface area contributed by atoms with Crippen LogP contribution < -0.4 is 10.5 Å². The van der Waals surface area contributed by atoms with Gasteiger partial charge >= 0.3 is 0 Å². The molecule has 0 radical (unpaired) electrons. The van der Waals surface area contributed by atoms with E-state index in [2.05, 4.69) is 11.1 Å². The van der Waals surface area contributed by atoms with Gasteiger partial charge in [0.2, 0.25) is 0 Å². The minimum absolute atomic E-state index is 0.253. The first-order valence-electron chi connectivity index (χ1n) is 5.47. The standard InChI is InChI=1S/C14H13N3O/c1-9-7-10(3-4-13(9)18-2)11-5-6-17-14(16)12(11)8-15/h3-7H,1-2H3,(H2,16,17). The molecule has 0 spiro atoms. The predicted molar refractivity (Wildman–Crippen MR) is 70.1 cm³/mol. The maximum Gasteiger partial charge on any atom is 0.141 e. The number of ether oxygens (including phenoxy) is 1. The van der Waals surface area contributed by atoms with E-state index in [1.54, 1.807) is 19.4 Å². The Morgan fingerprint density at radius 3 is 2.72 bits per heavy atom. The van der Waals surface area contributed by atoms with Gasteiger partial charge < -0.3 is 10.5 Å². The Morgan fingerprint density at radius 2 is 2.11 bits per heavy atom. The molecule has 0 saturated carbocycles. The molecule has 2 N–H and O–H groups in total. The molecule has 0 fully saturated rings. The van der Waals surface area contributed by atoms with Crippen LogP contribution in [-0.4, -0.2) is 12.1 Å². The Balaban J connectivity index is 2.60. The van der Waals surface area contributed by atoms with Crippen molar-refractivity contribution in [3.8, 4) is 22.9 Å². The molecule has 1 aromatic heterocycles. The van der Waals surface area contributed by atoms with Gasteiger partial charge in [-0.3, -0.25) is 0 Å². The Labute approximate surface area is 106 Å². The number of anilines is 1. The Kier molecular flexibility index (Phi) is 3.16. The van der Waals surface area contributed by atoms with Crippen LogP contribution >= 0.6 is 0 Å². The first kappa shape index (κ1) is 11.9. The SMILES string of the molecule is COc1ccc(-c2ccnc(N)c2C#N)cc1C. The average Bonchev–Trinajstić information content (AvgIpc) is 2.38. The van der Waals surface area contributed by atoms with Crippen LogP contribution in [0.1, 0.15) is 11.1 Å². The molecule has 1 aromatic carbocycles. The number of aryl methyl sites for hydroxylation is 1. The van der Waals surface area contributed by atoms with Gasteiger partial charge in [-0.15, -0.1) is 0 Å². The van der Waals surface area contributed by atoms with Gasteiger partial charge in [0.05, 0.1) is 7.11 Å². The minimum Gasteiger partial charge on any atom is -0.496 e. The van der Waals surface area contributed by atoms with Crippen LogP contribution in [0.25, 0.3) is 11.1 Å². The van der Waals surface area contributed by atoms with Crippen LogP contribution in [-0.2, 0) is 0 Å². The van der Waals surface area contributed by atoms with E-state index in [0.29, 0.717) is 5.56 Å². The molecule has 4 heteroatoms. The number of pyridine rings is 1. The topological polar surface area (TPSA) is 71.9 Å². The number of benzene rings is 1. The molecule has 0 amide bonds. The van der Waals surface area contributed by atoms with Crippen molar-refractivity contribution in [3.05, 3.63) is 41.6 Å². The molecule has 1 heterocycles. The van der Waals surface area contributed by atoms with Crippen LogP contribution in [0, 0.1) is 18.3 Å². The highest BCUT2D eigenvalue weighted by Gasteiger charge is 2.10. The molecule has 0 aliphatic rings. The van der Waals surface area contributed by atoms with Gasteiger partial charge in [0, 0.05) is 11.8 Å². The number of nitrogens with zero attached hydrogens (tertiary/aromatic N) is 2. The highest BCUT2D eigenvalue weighted by molar-refractivity contribution is 5.75. The smallest absolute Gasteiger partial charge is 0.141 e. The van der Waals surface area contributed by atoms with Crippen LogP contribution in [0.15, 0.2) is 30.5 Å². The maximum atomic E-state index is 9.14. The van der Waals surface area contributed by atoms with Crippen LogP contribution in [0.5, 0.6) is 5.75 Å². The Hall–Kier alpha value is -2.54. The molecule has 2 aromatic rings. The van der Waals surface area contributed by atoms with Crippen molar-refractivity contribution in [2.75, 3.05) is 12.8 Å². The third-order valence-corrected chi connectivity index (χ3v) is 2.80. The number of methoxy groups -OCH3 is 1. The van der Waals surface area contributed by atoms with Gasteiger partial charge in [0.1, 0.15) is 23.2 Å². The number of hydrogen-bond donors (Lipinski definition) is 1. The van der Waals surface area contributed by atoms with Crippen molar-refractivity contribution in [2.45, 2.75) is 6.92 Å². The van der Waals surface area contributed by atoms with E-state index in [9.17, 15) is 0 Å². The molecular weight excluding hydrogens is 226 g/mol. The molecule has 0 bridgehead atoms. The Morgan fingerprint density at radius 1 is 1.33 bits per heavy atom. The highest BCUT2D eigenvalue weighted by atomic mass is 16.5. The van der Waals surface area contributed by atoms with Gasteiger partial charge in [-0.1, -0.05) is 6.07 Å². The zero-order chi connectivity index (χ0) is 13.1. The van der Waals surface area contributed by atoms with Crippen LogP contribution in [0.2, 0.25) is 0 Å². The van der Waals surface area contributed by atoms with E-state index in [4.69, 9.17) is 15.7 Å². The summed E-state index contributed by atoms with van der Waals surface area (Å²) in [7, 11) is 1.63. The summed E-state index contributed by atoms with van der Waals surface area (Å²) < 4.78 is 5.21. The number of rotatable bonds is 2. The molecule has 2 rings (SSSR count). The highest BCUT2D eigenvalue weighted by Crippen LogP contribution is 2.29. The fourth-order valence-corrected chi connectivity index (χ4v) is 1.88. The first-order chi connectivity index (χ1) is 8.67. The number of nitrogens with two attached hydrogens (primary N) is 1. The van der Waals surface area contributed by atoms with E-state index >= 15 is 0 Å². The summed E-state index contributed by atoms with van der Waals surface area (Å²) in [5.41, 5.74) is 8.84. The second-order valence-electron chi connectivity index (χ2n) is 3.91. The largest absolute Gasteiger partial charge is 0.496 e. The predicted octanol–water partition coefficient (Wildman–Crippen LogP) is 2.52. The summed E-state index contributed by atoms with van der Waals surface area (Å²) in [4.78, 5) is 3.92. The lowest BCUT2D eigenvalue weighted by Crippen LogP contribution is -1.97. The average molecular weight is 239 g/mol. The van der Waals surface area contributed by atoms with Gasteiger partial charge in [-0.2, -0.15) is 5.26 Å². The van der Waals surface area contributed by atoms with E-state index in [0.717, 1.165) is 22.4 Å². The lowest BCUT2D eigenvalue weighted by Gasteiger charge is -2.09. The van der Waals surface area contributed by atoms with Crippen molar-refractivity contribution >= 4 is 5.82 Å². The molecule has 0 atom stereocenters. The van der Waals surface area contributed by atoms with E-state index in [-0.39, 0.29) is 5.82 Å². The molecule has 18 heavy (non-hydrogen) atoms. The van der Waals surface area contributed by atoms with Gasteiger partial charge in [0.25, 0.3) is 0 Å². The summed E-state index contributed by atoms with van der Waals surface area (Å²) in [6, 6.07) is 9.63. The van der Waals surface area contributed by atoms with Gasteiger partial charge in [-0.25, -0.2) is 4.98 Å². The van der Waals surface area contributed by atoms with E-state index in [1.165, 1.54) is 0 Å². The second-order valence-corrected chi connectivity index (χ2v) is 3.91. The molecule has 90 valence electrons. The number of hydrogen-bond acceptors (Lipinski definition) is 4. The fourth-order valence-electron chi connectivity index (χ4n) is 1.88. The molecule has 0 saturated heterocycles. The maximum absolute atomic E-state index is 9.14. The minimum atomic E-state index is 0.253. The third kappa shape index (κ3) is 1.98. The van der Waals surface area contributed by atoms with Crippen LogP contribution in [0.4, 0.5) is 5.82 Å². The summed E-state index contributed by atoms with van der Waals surface area (Å²) in [5, 5.41) is 9.14. The summed E-state index contributed by atoms with van der Waals surface area (Å²) >= 11 is 0. The van der Waals surface area contributed by atoms with Crippen molar-refractivity contribution in [1.29, 1.82) is 5.26 Å². The molecular formula is C14H13N3O. The van der Waals surface area contributed by atoms with Crippen molar-refractivity contribution < 1.29 is 4.74 Å². The lowest BCUT2D eigenvalue weighted by atomic mass is 9.99. The van der Waals surface area contributed by atoms with Crippen molar-refractivity contribution in [1.82, 2.24) is 4.98 Å². The lowest BCUT2D eigenvalue weighted by molar-refractivity contribution is 0.412. The second kappa shape index (κ2) is 4.76. The first-order valence-corrected chi connectivity index (χ1v) is 5.47. The molecule has 0 unspecified atom stereocenters. The van der Waals surface area contributed by atoms with Gasteiger partial charge in [-0.05, 0) is 36.2 Å². The Bertz CT molecular complexity index is 629. The molecule has 0 aliphatic carbocycles. The molecule has 0 aliphatic heterocycles.